The molecular formula is C30H32N2O8. The van der Waals surface area contributed by atoms with Crippen LogP contribution in [0.15, 0.2) is 53.3 Å². The number of aromatic hydroxyl groups is 1. The summed E-state index contributed by atoms with van der Waals surface area (Å²) < 4.78 is 5.22. The van der Waals surface area contributed by atoms with E-state index in [-0.39, 0.29) is 29.7 Å². The van der Waals surface area contributed by atoms with Crippen molar-refractivity contribution in [3.8, 4) is 11.5 Å². The zero-order valence-electron chi connectivity index (χ0n) is 22.5. The lowest BCUT2D eigenvalue weighted by Crippen LogP contribution is -2.65. The van der Waals surface area contributed by atoms with Gasteiger partial charge in [-0.05, 0) is 80.6 Å². The van der Waals surface area contributed by atoms with Crippen molar-refractivity contribution in [2.24, 2.45) is 17.6 Å². The Hall–Kier alpha value is -4.15. The summed E-state index contributed by atoms with van der Waals surface area (Å²) in [6, 6.07) is 9.80. The monoisotopic (exact) mass is 548 g/mol. The van der Waals surface area contributed by atoms with E-state index in [2.05, 4.69) is 0 Å². The van der Waals surface area contributed by atoms with Gasteiger partial charge in [-0.1, -0.05) is 18.2 Å². The number of hydrogen-bond donors (Lipinski definition) is 5. The molecule has 4 atom stereocenters. The molecule has 2 aromatic rings. The minimum Gasteiger partial charge on any atom is -0.508 e. The fourth-order valence-corrected chi connectivity index (χ4v) is 6.61. The largest absolute Gasteiger partial charge is 0.508 e. The molecule has 1 fully saturated rings. The SMILES string of the molecule is COc1ccc(CCc2ccc(O)c3c2CC2CC4C(N(C)C)C(=O)C(C(N)=O)=C(O)C4(O)C(=O)C2=C3O)cc1. The number of Topliss-reactive ketones (excluding diaryl/α,β-unsaturated/α-hetero) is 2. The van der Waals surface area contributed by atoms with Crippen LogP contribution < -0.4 is 10.5 Å². The van der Waals surface area contributed by atoms with Crippen LogP contribution in [0.3, 0.4) is 0 Å². The zero-order valence-corrected chi connectivity index (χ0v) is 22.5. The van der Waals surface area contributed by atoms with Gasteiger partial charge in [-0.25, -0.2) is 0 Å². The van der Waals surface area contributed by atoms with Gasteiger partial charge in [-0.15, -0.1) is 0 Å². The first kappa shape index (κ1) is 27.4. The third kappa shape index (κ3) is 3.98. The topological polar surface area (TPSA) is 171 Å². The number of likely N-dealkylation sites (N-methyl/N-ethyl adjacent to an activating group) is 1. The molecule has 0 heterocycles. The molecule has 210 valence electrons. The molecule has 40 heavy (non-hydrogen) atoms. The highest BCUT2D eigenvalue weighted by Crippen LogP contribution is 2.53. The quantitative estimate of drug-likeness (QED) is 0.338. The number of amides is 1. The lowest BCUT2D eigenvalue weighted by Gasteiger charge is -2.50. The van der Waals surface area contributed by atoms with Gasteiger partial charge in [-0.3, -0.25) is 19.3 Å². The molecule has 10 heteroatoms. The normalized spacial score (nSPS) is 26.0. The Morgan fingerprint density at radius 1 is 1.07 bits per heavy atom. The number of primary amides is 1. The smallest absolute Gasteiger partial charge is 0.255 e. The van der Waals surface area contributed by atoms with Crippen LogP contribution in [-0.2, 0) is 33.6 Å². The van der Waals surface area contributed by atoms with Gasteiger partial charge in [0.1, 0.15) is 28.6 Å². The molecular weight excluding hydrogens is 516 g/mol. The van der Waals surface area contributed by atoms with Crippen LogP contribution >= 0.6 is 0 Å². The average molecular weight is 549 g/mol. The second-order valence-corrected chi connectivity index (χ2v) is 10.9. The third-order valence-corrected chi connectivity index (χ3v) is 8.54. The van der Waals surface area contributed by atoms with Crippen LogP contribution in [0, 0.1) is 11.8 Å². The number of carbonyl (C=O) groups is 3. The molecule has 0 radical (unpaired) electrons. The van der Waals surface area contributed by atoms with Gasteiger partial charge in [0.05, 0.1) is 18.7 Å². The second-order valence-electron chi connectivity index (χ2n) is 10.9. The van der Waals surface area contributed by atoms with Gasteiger partial charge in [0.15, 0.2) is 11.4 Å². The number of aryl methyl sites for hydroxylation is 2. The van der Waals surface area contributed by atoms with Crippen LogP contribution in [-0.4, -0.2) is 75.6 Å². The number of aliphatic hydroxyl groups is 3. The van der Waals surface area contributed by atoms with Gasteiger partial charge in [0.25, 0.3) is 5.91 Å². The van der Waals surface area contributed by atoms with Gasteiger partial charge in [0.2, 0.25) is 5.78 Å². The van der Waals surface area contributed by atoms with E-state index in [1.807, 2.05) is 24.3 Å². The summed E-state index contributed by atoms with van der Waals surface area (Å²) in [6.45, 7) is 0. The fraction of sp³-hybridized carbons (Fsp3) is 0.367. The van der Waals surface area contributed by atoms with Crippen molar-refractivity contribution in [1.82, 2.24) is 4.90 Å². The van der Waals surface area contributed by atoms with E-state index in [0.717, 1.165) is 16.9 Å². The predicted molar refractivity (Wildman–Crippen MR) is 145 cm³/mol. The maximum atomic E-state index is 13.9. The Morgan fingerprint density at radius 3 is 2.35 bits per heavy atom. The van der Waals surface area contributed by atoms with Gasteiger partial charge in [0, 0.05) is 11.5 Å². The summed E-state index contributed by atoms with van der Waals surface area (Å²) in [7, 11) is 4.74. The Labute approximate surface area is 231 Å². The number of nitrogens with zero attached hydrogens (tertiary/aromatic N) is 1. The Kier molecular flexibility index (Phi) is 6.71. The molecule has 0 aromatic heterocycles. The highest BCUT2D eigenvalue weighted by atomic mass is 16.5. The summed E-state index contributed by atoms with van der Waals surface area (Å²) in [5, 5.41) is 44.7. The number of phenolic OH excluding ortho intramolecular Hbond substituents is 1. The first-order valence-electron chi connectivity index (χ1n) is 13.0. The van der Waals surface area contributed by atoms with Gasteiger partial charge >= 0.3 is 0 Å². The first-order chi connectivity index (χ1) is 18.9. The lowest BCUT2D eigenvalue weighted by molar-refractivity contribution is -0.153. The summed E-state index contributed by atoms with van der Waals surface area (Å²) in [4.78, 5) is 40.7. The fourth-order valence-electron chi connectivity index (χ4n) is 6.61. The van der Waals surface area contributed by atoms with Crippen molar-refractivity contribution in [1.29, 1.82) is 0 Å². The summed E-state index contributed by atoms with van der Waals surface area (Å²) in [6.07, 6.45) is 1.59. The number of aliphatic hydroxyl groups excluding tert-OH is 2. The molecule has 5 rings (SSSR count). The number of nitrogens with two attached hydrogens (primary N) is 1. The molecule has 1 saturated carbocycles. The Balaban J connectivity index is 1.59. The minimum atomic E-state index is -2.65. The molecule has 6 N–H and O–H groups in total. The molecule has 10 nitrogen and oxygen atoms in total. The molecule has 2 aromatic carbocycles. The molecule has 3 aliphatic carbocycles. The van der Waals surface area contributed by atoms with Crippen molar-refractivity contribution in [3.63, 3.8) is 0 Å². The molecule has 0 saturated heterocycles. The Bertz CT molecular complexity index is 1490. The number of hydrogen-bond acceptors (Lipinski definition) is 9. The van der Waals surface area contributed by atoms with Crippen molar-refractivity contribution in [2.45, 2.75) is 37.3 Å². The first-order valence-corrected chi connectivity index (χ1v) is 13.0. The molecule has 4 unspecified atom stereocenters. The number of ketones is 2. The third-order valence-electron chi connectivity index (χ3n) is 8.54. The highest BCUT2D eigenvalue weighted by Gasteiger charge is 2.64. The standard InChI is InChI=1S/C30H32N2O8/c1-32(2)24-19-13-16-12-18-15(7-4-14-5-9-17(40-3)10-6-14)8-11-20(33)22(18)25(34)21(16)27(36)30(19,39)28(37)23(26(24)35)29(31)38/h5-6,8-11,16,19,24,33-34,37,39H,4,7,12-13H2,1-3H3,(H2,31,38). The van der Waals surface area contributed by atoms with E-state index in [9.17, 15) is 34.8 Å². The highest BCUT2D eigenvalue weighted by molar-refractivity contribution is 6.24. The van der Waals surface area contributed by atoms with E-state index < -0.39 is 58.0 Å². The van der Waals surface area contributed by atoms with Gasteiger partial charge in [-0.2, -0.15) is 0 Å². The van der Waals surface area contributed by atoms with E-state index in [0.29, 0.717) is 18.4 Å². The number of carbonyl (C=O) groups excluding carboxylic acids is 3. The number of phenols is 1. The number of methoxy groups -OCH3 is 1. The summed E-state index contributed by atoms with van der Waals surface area (Å²) in [5.74, 6) is -5.83. The maximum Gasteiger partial charge on any atom is 0.255 e. The molecule has 3 aliphatic rings. The van der Waals surface area contributed by atoms with Crippen LogP contribution in [0.25, 0.3) is 5.76 Å². The van der Waals surface area contributed by atoms with Crippen LogP contribution in [0.5, 0.6) is 11.5 Å². The maximum absolute atomic E-state index is 13.9. The lowest BCUT2D eigenvalue weighted by atomic mass is 9.57. The van der Waals surface area contributed by atoms with Crippen molar-refractivity contribution < 1.29 is 39.5 Å². The number of fused-ring (bicyclic) bond motifs is 3. The summed E-state index contributed by atoms with van der Waals surface area (Å²) in [5.41, 5.74) is 4.46. The average Bonchev–Trinajstić information content (AvgIpc) is 2.90. The molecule has 0 aliphatic heterocycles. The van der Waals surface area contributed by atoms with Crippen LogP contribution in [0.1, 0.15) is 28.7 Å². The Morgan fingerprint density at radius 2 is 1.75 bits per heavy atom. The van der Waals surface area contributed by atoms with E-state index in [1.165, 1.54) is 11.0 Å². The zero-order chi connectivity index (χ0) is 29.1. The number of benzene rings is 2. The predicted octanol–water partition coefficient (Wildman–Crippen LogP) is 1.76. The minimum absolute atomic E-state index is 0.0549. The van der Waals surface area contributed by atoms with E-state index in [4.69, 9.17) is 10.5 Å². The van der Waals surface area contributed by atoms with Crippen LogP contribution in [0.2, 0.25) is 0 Å². The van der Waals surface area contributed by atoms with Crippen molar-refractivity contribution >= 4 is 23.2 Å². The summed E-state index contributed by atoms with van der Waals surface area (Å²) >= 11 is 0. The molecule has 1 amide bonds. The molecule has 0 spiro atoms. The number of ether oxygens (including phenoxy) is 1. The number of rotatable bonds is 6. The van der Waals surface area contributed by atoms with Crippen molar-refractivity contribution in [3.05, 3.63) is 75.6 Å². The van der Waals surface area contributed by atoms with Gasteiger partial charge < -0.3 is 30.9 Å². The van der Waals surface area contributed by atoms with Crippen molar-refractivity contribution in [2.75, 3.05) is 21.2 Å². The van der Waals surface area contributed by atoms with E-state index in [1.54, 1.807) is 27.3 Å². The molecule has 0 bridgehead atoms. The van der Waals surface area contributed by atoms with E-state index >= 15 is 0 Å². The second kappa shape index (κ2) is 9.79. The van der Waals surface area contributed by atoms with Crippen LogP contribution in [0.4, 0.5) is 0 Å².